The first-order valence-electron chi connectivity index (χ1n) is 18.0. The van der Waals surface area contributed by atoms with Gasteiger partial charge >= 0.3 is 0 Å². The second-order valence-electron chi connectivity index (χ2n) is 14.2. The van der Waals surface area contributed by atoms with Gasteiger partial charge in [-0.3, -0.25) is 0 Å². The van der Waals surface area contributed by atoms with Gasteiger partial charge in [0.2, 0.25) is 0 Å². The van der Waals surface area contributed by atoms with E-state index in [1.54, 1.807) is 0 Å². The summed E-state index contributed by atoms with van der Waals surface area (Å²) >= 11 is 0. The summed E-state index contributed by atoms with van der Waals surface area (Å²) in [7, 11) is 0. The van der Waals surface area contributed by atoms with E-state index in [4.69, 9.17) is 9.97 Å². The highest BCUT2D eigenvalue weighted by molar-refractivity contribution is 5.84. The summed E-state index contributed by atoms with van der Waals surface area (Å²) in [4.78, 5) is 10.3. The Balaban J connectivity index is 1.08. The van der Waals surface area contributed by atoms with Crippen LogP contribution in [-0.4, -0.2) is 9.97 Å². The van der Waals surface area contributed by atoms with Crippen LogP contribution in [0.2, 0.25) is 0 Å². The van der Waals surface area contributed by atoms with Crippen molar-refractivity contribution in [2.45, 2.75) is 19.3 Å². The third-order valence-corrected chi connectivity index (χ3v) is 10.6. The molecule has 0 saturated carbocycles. The molecule has 53 heavy (non-hydrogen) atoms. The highest BCUT2D eigenvalue weighted by atomic mass is 14.9. The van der Waals surface area contributed by atoms with Gasteiger partial charge in [0.05, 0.1) is 23.0 Å². The molecule has 3 heteroatoms. The number of fused-ring (bicyclic) bond motifs is 3. The second kappa shape index (κ2) is 13.0. The van der Waals surface area contributed by atoms with Crippen molar-refractivity contribution in [1.29, 1.82) is 5.26 Å². The van der Waals surface area contributed by atoms with Crippen LogP contribution in [0.1, 0.15) is 30.5 Å². The summed E-state index contributed by atoms with van der Waals surface area (Å²) in [5, 5.41) is 9.54. The van der Waals surface area contributed by atoms with Crippen molar-refractivity contribution in [3.63, 3.8) is 0 Å². The van der Waals surface area contributed by atoms with Crippen LogP contribution in [0.4, 0.5) is 0 Å². The largest absolute Gasteiger partial charge is 0.228 e. The predicted octanol–water partition coefficient (Wildman–Crippen LogP) is 12.7. The summed E-state index contributed by atoms with van der Waals surface area (Å²) in [6.45, 7) is 4.50. The molecule has 0 saturated heterocycles. The van der Waals surface area contributed by atoms with Crippen LogP contribution in [0, 0.1) is 11.3 Å². The maximum Gasteiger partial charge on any atom is 0.160 e. The van der Waals surface area contributed by atoms with E-state index >= 15 is 0 Å². The number of hydrogen-bond acceptors (Lipinski definition) is 3. The smallest absolute Gasteiger partial charge is 0.160 e. The monoisotopic (exact) mass is 677 g/mol. The standard InChI is InChI=1S/C50H35N3/c1-50(2)45-29-33(32-51)13-27-43(45)44-28-26-42(30-46(44)50)38-18-24-41(25-19-38)49-52-47(39-20-14-36(15-21-39)34-9-5-3-6-10-34)31-48(53-49)40-22-16-37(17-23-40)35-11-7-4-8-12-35/h3-31H,1-2H3. The zero-order valence-corrected chi connectivity index (χ0v) is 29.6. The van der Waals surface area contributed by atoms with Crippen LogP contribution >= 0.6 is 0 Å². The van der Waals surface area contributed by atoms with E-state index in [1.807, 2.05) is 24.3 Å². The molecule has 1 aromatic heterocycles. The molecule has 0 bridgehead atoms. The lowest BCUT2D eigenvalue weighted by Gasteiger charge is -2.22. The van der Waals surface area contributed by atoms with E-state index in [9.17, 15) is 5.26 Å². The van der Waals surface area contributed by atoms with E-state index in [2.05, 4.69) is 172 Å². The predicted molar refractivity (Wildman–Crippen MR) is 217 cm³/mol. The van der Waals surface area contributed by atoms with Gasteiger partial charge in [0.25, 0.3) is 0 Å². The third-order valence-electron chi connectivity index (χ3n) is 10.6. The van der Waals surface area contributed by atoms with Gasteiger partial charge in [-0.15, -0.1) is 0 Å². The molecule has 0 unspecified atom stereocenters. The molecule has 9 rings (SSSR count). The highest BCUT2D eigenvalue weighted by Gasteiger charge is 2.35. The van der Waals surface area contributed by atoms with Gasteiger partial charge in [-0.2, -0.15) is 5.26 Å². The van der Waals surface area contributed by atoms with Gasteiger partial charge in [0.1, 0.15) is 0 Å². The number of rotatable bonds is 6. The van der Waals surface area contributed by atoms with Crippen LogP contribution in [0.25, 0.3) is 78.4 Å². The molecule has 0 radical (unpaired) electrons. The molecule has 1 heterocycles. The van der Waals surface area contributed by atoms with Crippen LogP contribution in [-0.2, 0) is 5.41 Å². The van der Waals surface area contributed by atoms with E-state index in [0.717, 1.165) is 39.2 Å². The molecule has 1 aliphatic rings. The summed E-state index contributed by atoms with van der Waals surface area (Å²) < 4.78 is 0. The molecular formula is C50H35N3. The minimum atomic E-state index is -0.198. The van der Waals surface area contributed by atoms with Gasteiger partial charge in [0.15, 0.2) is 5.82 Å². The topological polar surface area (TPSA) is 49.6 Å². The lowest BCUT2D eigenvalue weighted by Crippen LogP contribution is -2.15. The van der Waals surface area contributed by atoms with Gasteiger partial charge < -0.3 is 0 Å². The van der Waals surface area contributed by atoms with E-state index in [1.165, 1.54) is 44.5 Å². The Kier molecular flexibility index (Phi) is 7.87. The zero-order valence-electron chi connectivity index (χ0n) is 29.6. The van der Waals surface area contributed by atoms with E-state index < -0.39 is 0 Å². The van der Waals surface area contributed by atoms with Crippen molar-refractivity contribution >= 4 is 0 Å². The van der Waals surface area contributed by atoms with E-state index in [-0.39, 0.29) is 5.41 Å². The SMILES string of the molecule is CC1(C)c2cc(C#N)ccc2-c2ccc(-c3ccc(-c4nc(-c5ccc(-c6ccccc6)cc5)cc(-c5ccc(-c6ccccc6)cc5)n4)cc3)cc21. The average molecular weight is 678 g/mol. The quantitative estimate of drug-likeness (QED) is 0.176. The van der Waals surface area contributed by atoms with E-state index in [0.29, 0.717) is 11.4 Å². The van der Waals surface area contributed by atoms with Crippen LogP contribution in [0.3, 0.4) is 0 Å². The number of hydrogen-bond donors (Lipinski definition) is 0. The van der Waals surface area contributed by atoms with Crippen LogP contribution in [0.5, 0.6) is 0 Å². The fourth-order valence-electron chi connectivity index (χ4n) is 7.60. The van der Waals surface area contributed by atoms with Crippen LogP contribution < -0.4 is 0 Å². The first kappa shape index (κ1) is 32.0. The molecule has 0 fully saturated rings. The summed E-state index contributed by atoms with van der Waals surface area (Å²) in [6, 6.07) is 63.9. The van der Waals surface area contributed by atoms with Crippen molar-refractivity contribution in [2.24, 2.45) is 0 Å². The number of nitrogens with zero attached hydrogens (tertiary/aromatic N) is 3. The normalized spacial score (nSPS) is 12.5. The van der Waals surface area contributed by atoms with Crippen molar-refractivity contribution in [1.82, 2.24) is 9.97 Å². The average Bonchev–Trinajstić information content (AvgIpc) is 3.46. The number of benzene rings is 7. The minimum Gasteiger partial charge on any atom is -0.228 e. The first-order valence-corrected chi connectivity index (χ1v) is 18.0. The molecule has 0 amide bonds. The van der Waals surface area contributed by atoms with Gasteiger partial charge in [0, 0.05) is 22.1 Å². The number of aromatic nitrogens is 2. The Bertz CT molecular complexity index is 2550. The Morgan fingerprint density at radius 2 is 0.792 bits per heavy atom. The summed E-state index contributed by atoms with van der Waals surface area (Å²) in [6.07, 6.45) is 0. The molecule has 0 spiro atoms. The summed E-state index contributed by atoms with van der Waals surface area (Å²) in [5.74, 6) is 0.683. The van der Waals surface area contributed by atoms with Crippen molar-refractivity contribution in [2.75, 3.05) is 0 Å². The molecular weight excluding hydrogens is 643 g/mol. The molecule has 0 N–H and O–H groups in total. The fraction of sp³-hybridized carbons (Fsp3) is 0.0600. The Morgan fingerprint density at radius 1 is 0.396 bits per heavy atom. The first-order chi connectivity index (χ1) is 25.9. The lowest BCUT2D eigenvalue weighted by molar-refractivity contribution is 0.660. The lowest BCUT2D eigenvalue weighted by atomic mass is 9.81. The Labute approximate surface area is 310 Å². The highest BCUT2D eigenvalue weighted by Crippen LogP contribution is 2.50. The maximum atomic E-state index is 9.54. The van der Waals surface area contributed by atoms with Gasteiger partial charge in [-0.1, -0.05) is 166 Å². The number of nitriles is 1. The van der Waals surface area contributed by atoms with Crippen molar-refractivity contribution in [3.05, 3.63) is 193 Å². The molecule has 8 aromatic rings. The summed E-state index contributed by atoms with van der Waals surface area (Å²) in [5.41, 5.74) is 17.2. The maximum absolute atomic E-state index is 9.54. The van der Waals surface area contributed by atoms with Crippen LogP contribution in [0.15, 0.2) is 176 Å². The minimum absolute atomic E-state index is 0.198. The molecule has 250 valence electrons. The van der Waals surface area contributed by atoms with Crippen molar-refractivity contribution in [3.8, 4) is 84.5 Å². The molecule has 1 aliphatic carbocycles. The van der Waals surface area contributed by atoms with Crippen molar-refractivity contribution < 1.29 is 0 Å². The fourth-order valence-corrected chi connectivity index (χ4v) is 7.60. The Hall–Kier alpha value is -6.89. The molecule has 7 aromatic carbocycles. The zero-order chi connectivity index (χ0) is 35.9. The second-order valence-corrected chi connectivity index (χ2v) is 14.2. The van der Waals surface area contributed by atoms with Gasteiger partial charge in [-0.25, -0.2) is 9.97 Å². The molecule has 3 nitrogen and oxygen atoms in total. The molecule has 0 atom stereocenters. The Morgan fingerprint density at radius 3 is 1.30 bits per heavy atom. The molecule has 0 aliphatic heterocycles. The third kappa shape index (κ3) is 5.91. The van der Waals surface area contributed by atoms with Gasteiger partial charge in [-0.05, 0) is 79.9 Å².